The van der Waals surface area contributed by atoms with Gasteiger partial charge < -0.3 is 10.0 Å². The van der Waals surface area contributed by atoms with Gasteiger partial charge in [0, 0.05) is 19.5 Å². The SMILES string of the molecule is CC(F)(F)CCC1(O)CCN(C=O)CC1. The van der Waals surface area contributed by atoms with Crippen molar-refractivity contribution in [2.75, 3.05) is 13.1 Å². The van der Waals surface area contributed by atoms with E-state index in [-0.39, 0.29) is 12.8 Å². The van der Waals surface area contributed by atoms with Gasteiger partial charge in [0.1, 0.15) is 0 Å². The monoisotopic (exact) mass is 221 g/mol. The zero-order valence-electron chi connectivity index (χ0n) is 8.88. The average Bonchev–Trinajstić information content (AvgIpc) is 2.16. The number of piperidine rings is 1. The van der Waals surface area contributed by atoms with Crippen LogP contribution in [0, 0.1) is 0 Å². The summed E-state index contributed by atoms with van der Waals surface area (Å²) >= 11 is 0. The normalized spacial score (nSPS) is 21.5. The van der Waals surface area contributed by atoms with E-state index < -0.39 is 11.5 Å². The third-order valence-electron chi connectivity index (χ3n) is 2.91. The number of halogens is 2. The predicted molar refractivity (Wildman–Crippen MR) is 51.7 cm³/mol. The van der Waals surface area contributed by atoms with Crippen LogP contribution in [0.5, 0.6) is 0 Å². The lowest BCUT2D eigenvalue weighted by atomic mass is 9.86. The van der Waals surface area contributed by atoms with E-state index in [2.05, 4.69) is 0 Å². The van der Waals surface area contributed by atoms with Gasteiger partial charge in [0.25, 0.3) is 0 Å². The van der Waals surface area contributed by atoms with E-state index in [1.807, 2.05) is 0 Å². The molecule has 0 aromatic rings. The average molecular weight is 221 g/mol. The zero-order chi connectivity index (χ0) is 11.5. The summed E-state index contributed by atoms with van der Waals surface area (Å²) in [5, 5.41) is 9.97. The number of carbonyl (C=O) groups excluding carboxylic acids is 1. The molecule has 0 spiro atoms. The predicted octanol–water partition coefficient (Wildman–Crippen LogP) is 1.41. The Labute approximate surface area is 88.1 Å². The number of carbonyl (C=O) groups is 1. The maximum atomic E-state index is 12.6. The lowest BCUT2D eigenvalue weighted by Gasteiger charge is -2.37. The van der Waals surface area contributed by atoms with Gasteiger partial charge in [-0.25, -0.2) is 8.78 Å². The third kappa shape index (κ3) is 4.11. The summed E-state index contributed by atoms with van der Waals surface area (Å²) in [7, 11) is 0. The molecule has 15 heavy (non-hydrogen) atoms. The van der Waals surface area contributed by atoms with Crippen LogP contribution in [-0.2, 0) is 4.79 Å². The summed E-state index contributed by atoms with van der Waals surface area (Å²) in [4.78, 5) is 12.0. The van der Waals surface area contributed by atoms with E-state index in [1.165, 1.54) is 0 Å². The van der Waals surface area contributed by atoms with Crippen molar-refractivity contribution in [3.63, 3.8) is 0 Å². The number of rotatable bonds is 4. The maximum Gasteiger partial charge on any atom is 0.245 e. The molecule has 0 saturated carbocycles. The summed E-state index contributed by atoms with van der Waals surface area (Å²) in [5.74, 6) is -2.72. The van der Waals surface area contributed by atoms with Crippen LogP contribution < -0.4 is 0 Å². The fourth-order valence-electron chi connectivity index (χ4n) is 1.75. The van der Waals surface area contributed by atoms with Crippen molar-refractivity contribution in [1.82, 2.24) is 4.90 Å². The van der Waals surface area contributed by atoms with E-state index in [0.717, 1.165) is 13.3 Å². The Bertz CT molecular complexity index is 220. The molecule has 0 radical (unpaired) electrons. The Kier molecular flexibility index (Phi) is 3.65. The number of aliphatic hydroxyl groups is 1. The highest BCUT2D eigenvalue weighted by Crippen LogP contribution is 2.30. The highest BCUT2D eigenvalue weighted by atomic mass is 19.3. The lowest BCUT2D eigenvalue weighted by Crippen LogP contribution is -2.44. The Balaban J connectivity index is 2.38. The van der Waals surface area contributed by atoms with E-state index in [9.17, 15) is 18.7 Å². The molecule has 0 unspecified atom stereocenters. The fourth-order valence-corrected chi connectivity index (χ4v) is 1.75. The molecular weight excluding hydrogens is 204 g/mol. The van der Waals surface area contributed by atoms with Gasteiger partial charge >= 0.3 is 0 Å². The smallest absolute Gasteiger partial charge is 0.245 e. The van der Waals surface area contributed by atoms with Crippen molar-refractivity contribution < 1.29 is 18.7 Å². The van der Waals surface area contributed by atoms with Crippen molar-refractivity contribution in [2.24, 2.45) is 0 Å². The van der Waals surface area contributed by atoms with Crippen LogP contribution in [0.1, 0.15) is 32.6 Å². The number of hydrogen-bond acceptors (Lipinski definition) is 2. The molecule has 1 aliphatic heterocycles. The van der Waals surface area contributed by atoms with Crippen molar-refractivity contribution in [3.05, 3.63) is 0 Å². The lowest BCUT2D eigenvalue weighted by molar-refractivity contribution is -0.123. The maximum absolute atomic E-state index is 12.6. The summed E-state index contributed by atoms with van der Waals surface area (Å²) < 4.78 is 25.2. The molecule has 1 heterocycles. The Morgan fingerprint density at radius 3 is 2.40 bits per heavy atom. The minimum Gasteiger partial charge on any atom is -0.390 e. The van der Waals surface area contributed by atoms with Crippen molar-refractivity contribution in [2.45, 2.75) is 44.1 Å². The minimum absolute atomic E-state index is 0.100. The molecule has 1 fully saturated rings. The first-order valence-corrected chi connectivity index (χ1v) is 5.14. The van der Waals surface area contributed by atoms with Crippen molar-refractivity contribution in [3.8, 4) is 0 Å². The van der Waals surface area contributed by atoms with Crippen LogP contribution in [0.2, 0.25) is 0 Å². The van der Waals surface area contributed by atoms with Gasteiger partial charge in [-0.15, -0.1) is 0 Å². The molecule has 1 N–H and O–H groups in total. The number of hydrogen-bond donors (Lipinski definition) is 1. The minimum atomic E-state index is -2.72. The standard InChI is InChI=1S/C10H17F2NO2/c1-9(11,12)2-3-10(15)4-6-13(8-14)7-5-10/h8,15H,2-7H2,1H3. The molecule has 0 aromatic carbocycles. The summed E-state index contributed by atoms with van der Waals surface area (Å²) in [6.45, 7) is 1.77. The molecule has 3 nitrogen and oxygen atoms in total. The molecule has 0 aromatic heterocycles. The quantitative estimate of drug-likeness (QED) is 0.729. The fraction of sp³-hybridized carbons (Fsp3) is 0.900. The van der Waals surface area contributed by atoms with Gasteiger partial charge in [-0.2, -0.15) is 0 Å². The van der Waals surface area contributed by atoms with Crippen LogP contribution in [0.25, 0.3) is 0 Å². The molecule has 0 bridgehead atoms. The molecule has 88 valence electrons. The molecule has 1 rings (SSSR count). The van der Waals surface area contributed by atoms with Crippen molar-refractivity contribution >= 4 is 6.41 Å². The second-order valence-electron chi connectivity index (χ2n) is 4.44. The van der Waals surface area contributed by atoms with Crippen LogP contribution >= 0.6 is 0 Å². The topological polar surface area (TPSA) is 40.5 Å². The van der Waals surface area contributed by atoms with Crippen LogP contribution in [0.15, 0.2) is 0 Å². The Morgan fingerprint density at radius 2 is 2.00 bits per heavy atom. The van der Waals surface area contributed by atoms with Gasteiger partial charge in [-0.3, -0.25) is 4.79 Å². The largest absolute Gasteiger partial charge is 0.390 e. The van der Waals surface area contributed by atoms with Crippen molar-refractivity contribution in [1.29, 1.82) is 0 Å². The van der Waals surface area contributed by atoms with E-state index in [0.29, 0.717) is 25.9 Å². The van der Waals surface area contributed by atoms with Gasteiger partial charge in [0.15, 0.2) is 0 Å². The van der Waals surface area contributed by atoms with E-state index in [1.54, 1.807) is 4.90 Å². The Morgan fingerprint density at radius 1 is 1.47 bits per heavy atom. The third-order valence-corrected chi connectivity index (χ3v) is 2.91. The summed E-state index contributed by atoms with van der Waals surface area (Å²) in [5.41, 5.74) is -1.01. The number of amides is 1. The molecule has 5 heteroatoms. The first-order valence-electron chi connectivity index (χ1n) is 5.14. The van der Waals surface area contributed by atoms with Gasteiger partial charge in [0.2, 0.25) is 12.3 Å². The molecule has 0 atom stereocenters. The zero-order valence-corrected chi connectivity index (χ0v) is 8.88. The van der Waals surface area contributed by atoms with Gasteiger partial charge in [-0.05, 0) is 26.2 Å². The van der Waals surface area contributed by atoms with Crippen LogP contribution in [0.4, 0.5) is 8.78 Å². The Hall–Kier alpha value is -0.710. The molecule has 0 aliphatic carbocycles. The van der Waals surface area contributed by atoms with Gasteiger partial charge in [0.05, 0.1) is 5.60 Å². The molecule has 1 aliphatic rings. The number of likely N-dealkylation sites (tertiary alicyclic amines) is 1. The number of nitrogens with zero attached hydrogens (tertiary/aromatic N) is 1. The first-order chi connectivity index (χ1) is 6.85. The summed E-state index contributed by atoms with van der Waals surface area (Å²) in [6, 6.07) is 0. The molecule has 1 amide bonds. The second-order valence-corrected chi connectivity index (χ2v) is 4.44. The second kappa shape index (κ2) is 4.43. The highest BCUT2D eigenvalue weighted by molar-refractivity contribution is 5.47. The highest BCUT2D eigenvalue weighted by Gasteiger charge is 2.34. The van der Waals surface area contributed by atoms with E-state index in [4.69, 9.17) is 0 Å². The first kappa shape index (κ1) is 12.4. The van der Waals surface area contributed by atoms with E-state index >= 15 is 0 Å². The molecule has 1 saturated heterocycles. The molecular formula is C10H17F2NO2. The number of alkyl halides is 2. The van der Waals surface area contributed by atoms with Crippen LogP contribution in [0.3, 0.4) is 0 Å². The van der Waals surface area contributed by atoms with Crippen LogP contribution in [-0.4, -0.2) is 41.0 Å². The van der Waals surface area contributed by atoms with Gasteiger partial charge in [-0.1, -0.05) is 0 Å². The summed E-state index contributed by atoms with van der Waals surface area (Å²) in [6.07, 6.45) is 1.31.